The molecule has 1 aliphatic rings. The van der Waals surface area contributed by atoms with Crippen LogP contribution in [0, 0.1) is 0 Å². The minimum atomic E-state index is 0.196. The van der Waals surface area contributed by atoms with Gasteiger partial charge in [-0.05, 0) is 29.7 Å². The molecule has 2 aromatic rings. The van der Waals surface area contributed by atoms with Crippen LogP contribution in [0.15, 0.2) is 48.5 Å². The Bertz CT molecular complexity index is 583. The van der Waals surface area contributed by atoms with Crippen molar-refractivity contribution in [1.29, 1.82) is 0 Å². The maximum absolute atomic E-state index is 9.75. The van der Waals surface area contributed by atoms with E-state index < -0.39 is 0 Å². The number of rotatable bonds is 5. The maximum atomic E-state index is 9.75. The molecule has 0 saturated heterocycles. The number of nitrogens with one attached hydrogen (secondary N) is 1. The Hall–Kier alpha value is -2.00. The highest BCUT2D eigenvalue weighted by molar-refractivity contribution is 5.41. The number of benzene rings is 2. The first-order chi connectivity index (χ1) is 9.78. The van der Waals surface area contributed by atoms with E-state index in [0.717, 1.165) is 12.1 Å². The molecule has 0 bridgehead atoms. The van der Waals surface area contributed by atoms with Crippen LogP contribution in [0.3, 0.4) is 0 Å². The zero-order valence-corrected chi connectivity index (χ0v) is 11.5. The van der Waals surface area contributed by atoms with Gasteiger partial charge in [0.05, 0.1) is 7.11 Å². The molecule has 2 aromatic carbocycles. The summed E-state index contributed by atoms with van der Waals surface area (Å²) in [4.78, 5) is 0. The SMILES string of the molecule is COc1ccc(CNC2CC2c2ccccc2)cc1O. The van der Waals surface area contributed by atoms with Crippen LogP contribution < -0.4 is 10.1 Å². The van der Waals surface area contributed by atoms with E-state index in [1.165, 1.54) is 12.0 Å². The summed E-state index contributed by atoms with van der Waals surface area (Å²) in [7, 11) is 1.56. The van der Waals surface area contributed by atoms with Crippen LogP contribution in [-0.4, -0.2) is 18.3 Å². The highest BCUT2D eigenvalue weighted by Gasteiger charge is 2.37. The fourth-order valence-electron chi connectivity index (χ4n) is 2.58. The van der Waals surface area contributed by atoms with E-state index >= 15 is 0 Å². The number of methoxy groups -OCH3 is 1. The van der Waals surface area contributed by atoms with Crippen LogP contribution in [0.2, 0.25) is 0 Å². The van der Waals surface area contributed by atoms with Crippen LogP contribution in [0.1, 0.15) is 23.5 Å². The van der Waals surface area contributed by atoms with E-state index in [9.17, 15) is 5.11 Å². The number of ether oxygens (including phenoxy) is 1. The molecule has 1 aliphatic carbocycles. The van der Waals surface area contributed by atoms with Crippen molar-refractivity contribution in [3.05, 3.63) is 59.7 Å². The number of phenols is 1. The zero-order valence-electron chi connectivity index (χ0n) is 11.5. The third-order valence-electron chi connectivity index (χ3n) is 3.83. The molecule has 3 heteroatoms. The molecule has 0 heterocycles. The normalized spacial score (nSPS) is 20.6. The van der Waals surface area contributed by atoms with Crippen molar-refractivity contribution in [2.24, 2.45) is 0 Å². The predicted octanol–water partition coefficient (Wildman–Crippen LogP) is 3.05. The minimum Gasteiger partial charge on any atom is -0.504 e. The number of phenolic OH excluding ortho intramolecular Hbond substituents is 1. The summed E-state index contributed by atoms with van der Waals surface area (Å²) >= 11 is 0. The van der Waals surface area contributed by atoms with Gasteiger partial charge >= 0.3 is 0 Å². The largest absolute Gasteiger partial charge is 0.504 e. The van der Waals surface area contributed by atoms with Crippen LogP contribution in [0.5, 0.6) is 11.5 Å². The number of hydrogen-bond donors (Lipinski definition) is 2. The lowest BCUT2D eigenvalue weighted by Crippen LogP contribution is -2.17. The lowest BCUT2D eigenvalue weighted by molar-refractivity contribution is 0.373. The van der Waals surface area contributed by atoms with Crippen molar-refractivity contribution in [3.63, 3.8) is 0 Å². The molecular formula is C17H19NO2. The fourth-order valence-corrected chi connectivity index (χ4v) is 2.58. The average molecular weight is 269 g/mol. The van der Waals surface area contributed by atoms with Gasteiger partial charge in [-0.25, -0.2) is 0 Å². The zero-order chi connectivity index (χ0) is 13.9. The van der Waals surface area contributed by atoms with Gasteiger partial charge in [-0.15, -0.1) is 0 Å². The van der Waals surface area contributed by atoms with Gasteiger partial charge in [0.15, 0.2) is 11.5 Å². The van der Waals surface area contributed by atoms with Gasteiger partial charge in [-0.1, -0.05) is 36.4 Å². The molecule has 2 N–H and O–H groups in total. The summed E-state index contributed by atoms with van der Waals surface area (Å²) in [5.74, 6) is 1.34. The van der Waals surface area contributed by atoms with Crippen LogP contribution in [0.4, 0.5) is 0 Å². The van der Waals surface area contributed by atoms with Gasteiger partial charge in [-0.3, -0.25) is 0 Å². The van der Waals surface area contributed by atoms with Crippen LogP contribution in [-0.2, 0) is 6.54 Å². The molecule has 3 rings (SSSR count). The summed E-state index contributed by atoms with van der Waals surface area (Å²) in [5, 5.41) is 13.3. The molecular weight excluding hydrogens is 250 g/mol. The van der Waals surface area contributed by atoms with E-state index in [2.05, 4.69) is 35.6 Å². The lowest BCUT2D eigenvalue weighted by atomic mass is 10.1. The molecule has 0 spiro atoms. The second-order valence-electron chi connectivity index (χ2n) is 5.25. The molecule has 0 radical (unpaired) electrons. The minimum absolute atomic E-state index is 0.196. The number of aromatic hydroxyl groups is 1. The molecule has 104 valence electrons. The van der Waals surface area contributed by atoms with Gasteiger partial charge < -0.3 is 15.2 Å². The predicted molar refractivity (Wildman–Crippen MR) is 79.1 cm³/mol. The third-order valence-corrected chi connectivity index (χ3v) is 3.83. The first-order valence-electron chi connectivity index (χ1n) is 6.92. The molecule has 3 nitrogen and oxygen atoms in total. The van der Waals surface area contributed by atoms with E-state index in [1.54, 1.807) is 19.2 Å². The Morgan fingerprint density at radius 3 is 2.70 bits per heavy atom. The second-order valence-corrected chi connectivity index (χ2v) is 5.25. The van der Waals surface area contributed by atoms with E-state index in [4.69, 9.17) is 4.74 Å². The Morgan fingerprint density at radius 2 is 2.00 bits per heavy atom. The van der Waals surface area contributed by atoms with Crippen molar-refractivity contribution < 1.29 is 9.84 Å². The highest BCUT2D eigenvalue weighted by Crippen LogP contribution is 2.40. The molecule has 1 fully saturated rings. The summed E-state index contributed by atoms with van der Waals surface area (Å²) in [6.07, 6.45) is 1.19. The van der Waals surface area contributed by atoms with Gasteiger partial charge in [0.2, 0.25) is 0 Å². The Balaban J connectivity index is 1.55. The summed E-state index contributed by atoms with van der Waals surface area (Å²) in [5.41, 5.74) is 2.48. The van der Waals surface area contributed by atoms with Crippen molar-refractivity contribution in [2.45, 2.75) is 24.9 Å². The molecule has 0 aromatic heterocycles. The standard InChI is InChI=1S/C17H19NO2/c1-20-17-8-7-12(9-16(17)19)11-18-15-10-14(15)13-5-3-2-4-6-13/h2-9,14-15,18-19H,10-11H2,1H3. The van der Waals surface area contributed by atoms with E-state index in [0.29, 0.717) is 17.7 Å². The Kier molecular flexibility index (Phi) is 3.61. The average Bonchev–Trinajstić information content (AvgIpc) is 3.26. The van der Waals surface area contributed by atoms with Gasteiger partial charge in [0, 0.05) is 18.5 Å². The molecule has 0 amide bonds. The first-order valence-corrected chi connectivity index (χ1v) is 6.92. The first kappa shape index (κ1) is 13.0. The summed E-state index contributed by atoms with van der Waals surface area (Å²) in [6.45, 7) is 0.769. The number of hydrogen-bond acceptors (Lipinski definition) is 3. The third kappa shape index (κ3) is 2.78. The topological polar surface area (TPSA) is 41.5 Å². The monoisotopic (exact) mass is 269 g/mol. The fraction of sp³-hybridized carbons (Fsp3) is 0.294. The quantitative estimate of drug-likeness (QED) is 0.876. The van der Waals surface area contributed by atoms with E-state index in [-0.39, 0.29) is 5.75 Å². The van der Waals surface area contributed by atoms with Crippen molar-refractivity contribution in [2.75, 3.05) is 7.11 Å². The Morgan fingerprint density at radius 1 is 1.20 bits per heavy atom. The van der Waals surface area contributed by atoms with E-state index in [1.807, 2.05) is 6.07 Å². The van der Waals surface area contributed by atoms with Crippen LogP contribution in [0.25, 0.3) is 0 Å². The molecule has 0 aliphatic heterocycles. The van der Waals surface area contributed by atoms with Crippen molar-refractivity contribution in [3.8, 4) is 11.5 Å². The van der Waals surface area contributed by atoms with Gasteiger partial charge in [0.1, 0.15) is 0 Å². The Labute approximate surface area is 119 Å². The summed E-state index contributed by atoms with van der Waals surface area (Å²) in [6, 6.07) is 16.7. The van der Waals surface area contributed by atoms with Crippen molar-refractivity contribution >= 4 is 0 Å². The highest BCUT2D eigenvalue weighted by atomic mass is 16.5. The molecule has 1 saturated carbocycles. The van der Waals surface area contributed by atoms with Crippen molar-refractivity contribution in [1.82, 2.24) is 5.32 Å². The summed E-state index contributed by atoms with van der Waals surface area (Å²) < 4.78 is 5.04. The smallest absolute Gasteiger partial charge is 0.160 e. The second kappa shape index (κ2) is 5.55. The maximum Gasteiger partial charge on any atom is 0.160 e. The van der Waals surface area contributed by atoms with Gasteiger partial charge in [-0.2, -0.15) is 0 Å². The van der Waals surface area contributed by atoms with Crippen LogP contribution >= 0.6 is 0 Å². The molecule has 2 atom stereocenters. The molecule has 20 heavy (non-hydrogen) atoms. The lowest BCUT2D eigenvalue weighted by Gasteiger charge is -2.07. The van der Waals surface area contributed by atoms with Gasteiger partial charge in [0.25, 0.3) is 0 Å². The molecule has 2 unspecified atom stereocenters.